The van der Waals surface area contributed by atoms with E-state index in [1.54, 1.807) is 6.20 Å². The maximum atomic E-state index is 13.0. The highest BCUT2D eigenvalue weighted by molar-refractivity contribution is 5.19. The number of hydrogen-bond acceptors (Lipinski definition) is 2. The Morgan fingerprint density at radius 2 is 2.12 bits per heavy atom. The smallest absolute Gasteiger partial charge is 0.280 e. The average molecular weight is 245 g/mol. The lowest BCUT2D eigenvalue weighted by Gasteiger charge is -2.14. The predicted octanol–water partition coefficient (Wildman–Crippen LogP) is 3.29. The number of hydrogen-bond donors (Lipinski definition) is 1. The van der Waals surface area contributed by atoms with Gasteiger partial charge in [-0.15, -0.1) is 0 Å². The first-order valence-electron chi connectivity index (χ1n) is 6.16. The van der Waals surface area contributed by atoms with Gasteiger partial charge in [0.05, 0.1) is 6.20 Å². The zero-order chi connectivity index (χ0) is 12.8. The van der Waals surface area contributed by atoms with Gasteiger partial charge in [0.2, 0.25) is 0 Å². The van der Waals surface area contributed by atoms with Crippen LogP contribution in [0, 0.1) is 0 Å². The van der Waals surface area contributed by atoms with Crippen molar-refractivity contribution in [1.29, 1.82) is 0 Å². The van der Waals surface area contributed by atoms with Crippen LogP contribution in [0.3, 0.4) is 0 Å². The van der Waals surface area contributed by atoms with Crippen molar-refractivity contribution in [3.63, 3.8) is 0 Å². The summed E-state index contributed by atoms with van der Waals surface area (Å²) in [5, 5.41) is 7.21. The van der Waals surface area contributed by atoms with E-state index in [0.717, 1.165) is 19.4 Å². The molecule has 0 spiro atoms. The van der Waals surface area contributed by atoms with Crippen molar-refractivity contribution in [2.24, 2.45) is 0 Å². The Hall–Kier alpha value is -0.970. The molecule has 0 bridgehead atoms. The highest BCUT2D eigenvalue weighted by Gasteiger charge is 2.21. The Balaban J connectivity index is 2.86. The Morgan fingerprint density at radius 1 is 1.41 bits per heavy atom. The minimum Gasteiger partial charge on any atom is -0.313 e. The van der Waals surface area contributed by atoms with Crippen LogP contribution in [-0.4, -0.2) is 16.3 Å². The lowest BCUT2D eigenvalue weighted by atomic mass is 10.2. The monoisotopic (exact) mass is 245 g/mol. The molecule has 1 atom stereocenters. The second-order valence-electron chi connectivity index (χ2n) is 4.23. The van der Waals surface area contributed by atoms with Gasteiger partial charge in [0, 0.05) is 18.2 Å². The number of aromatic nitrogens is 2. The highest BCUT2D eigenvalue weighted by atomic mass is 19.3. The van der Waals surface area contributed by atoms with Gasteiger partial charge in [-0.3, -0.25) is 4.68 Å². The summed E-state index contributed by atoms with van der Waals surface area (Å²) in [6.45, 7) is 7.21. The molecule has 0 amide bonds. The van der Waals surface area contributed by atoms with Gasteiger partial charge in [0.1, 0.15) is 5.69 Å². The molecule has 1 heterocycles. The lowest BCUT2D eigenvalue weighted by molar-refractivity contribution is 0.134. The first-order valence-corrected chi connectivity index (χ1v) is 6.16. The van der Waals surface area contributed by atoms with Crippen molar-refractivity contribution >= 4 is 0 Å². The third-order valence-electron chi connectivity index (χ3n) is 2.87. The van der Waals surface area contributed by atoms with Gasteiger partial charge in [-0.05, 0) is 26.3 Å². The SMILES string of the molecule is CCCNCc1cnn(C(C)CC)c1C(F)F. The van der Waals surface area contributed by atoms with Gasteiger partial charge in [-0.25, -0.2) is 8.78 Å². The summed E-state index contributed by atoms with van der Waals surface area (Å²) in [4.78, 5) is 0. The third kappa shape index (κ3) is 3.49. The van der Waals surface area contributed by atoms with Crippen LogP contribution in [0.15, 0.2) is 6.20 Å². The van der Waals surface area contributed by atoms with Gasteiger partial charge >= 0.3 is 0 Å². The molecule has 1 aromatic heterocycles. The predicted molar refractivity (Wildman–Crippen MR) is 64.2 cm³/mol. The van der Waals surface area contributed by atoms with Crippen LogP contribution in [0.1, 0.15) is 57.3 Å². The van der Waals surface area contributed by atoms with E-state index in [9.17, 15) is 8.78 Å². The second-order valence-corrected chi connectivity index (χ2v) is 4.23. The summed E-state index contributed by atoms with van der Waals surface area (Å²) in [5.74, 6) is 0. The maximum absolute atomic E-state index is 13.0. The van der Waals surface area contributed by atoms with Crippen molar-refractivity contribution in [2.45, 2.75) is 52.6 Å². The molecule has 0 fully saturated rings. The van der Waals surface area contributed by atoms with E-state index in [0.29, 0.717) is 12.1 Å². The molecule has 0 saturated carbocycles. The molecule has 3 nitrogen and oxygen atoms in total. The molecule has 1 rings (SSSR count). The van der Waals surface area contributed by atoms with E-state index in [1.807, 2.05) is 20.8 Å². The number of alkyl halides is 2. The highest BCUT2D eigenvalue weighted by Crippen LogP contribution is 2.26. The minimum absolute atomic E-state index is 0.0129. The van der Waals surface area contributed by atoms with E-state index >= 15 is 0 Å². The number of rotatable bonds is 7. The molecule has 0 aliphatic heterocycles. The van der Waals surface area contributed by atoms with Crippen molar-refractivity contribution in [2.75, 3.05) is 6.54 Å². The van der Waals surface area contributed by atoms with E-state index in [-0.39, 0.29) is 11.7 Å². The molecule has 0 saturated heterocycles. The van der Waals surface area contributed by atoms with E-state index in [2.05, 4.69) is 10.4 Å². The average Bonchev–Trinajstić information content (AvgIpc) is 2.72. The quantitative estimate of drug-likeness (QED) is 0.747. The summed E-state index contributed by atoms with van der Waals surface area (Å²) in [7, 11) is 0. The number of halogens is 2. The number of nitrogens with one attached hydrogen (secondary N) is 1. The van der Waals surface area contributed by atoms with Crippen molar-refractivity contribution in [3.05, 3.63) is 17.5 Å². The van der Waals surface area contributed by atoms with Crippen LogP contribution in [0.4, 0.5) is 8.78 Å². The molecule has 17 heavy (non-hydrogen) atoms. The van der Waals surface area contributed by atoms with Crippen molar-refractivity contribution < 1.29 is 8.78 Å². The van der Waals surface area contributed by atoms with Gasteiger partial charge in [-0.1, -0.05) is 13.8 Å². The van der Waals surface area contributed by atoms with Crippen molar-refractivity contribution in [3.8, 4) is 0 Å². The van der Waals surface area contributed by atoms with E-state index in [1.165, 1.54) is 4.68 Å². The Kier molecular flexibility index (Phi) is 5.55. The fraction of sp³-hybridized carbons (Fsp3) is 0.750. The number of nitrogens with zero attached hydrogens (tertiary/aromatic N) is 2. The molecular weight excluding hydrogens is 224 g/mol. The van der Waals surface area contributed by atoms with E-state index < -0.39 is 6.43 Å². The van der Waals surface area contributed by atoms with E-state index in [4.69, 9.17) is 0 Å². The third-order valence-corrected chi connectivity index (χ3v) is 2.87. The first kappa shape index (κ1) is 14.1. The Labute approximate surface area is 101 Å². The van der Waals surface area contributed by atoms with Crippen molar-refractivity contribution in [1.82, 2.24) is 15.1 Å². The van der Waals surface area contributed by atoms with Gasteiger partial charge in [0.15, 0.2) is 0 Å². The van der Waals surface area contributed by atoms with Crippen LogP contribution in [0.5, 0.6) is 0 Å². The lowest BCUT2D eigenvalue weighted by Crippen LogP contribution is -2.16. The summed E-state index contributed by atoms with van der Waals surface area (Å²) in [6.07, 6.45) is 0.869. The molecule has 0 aliphatic carbocycles. The normalized spacial score (nSPS) is 13.3. The Bertz CT molecular complexity index is 336. The Morgan fingerprint density at radius 3 is 2.65 bits per heavy atom. The van der Waals surface area contributed by atoms with Gasteiger partial charge < -0.3 is 5.32 Å². The van der Waals surface area contributed by atoms with Crippen LogP contribution in [0.25, 0.3) is 0 Å². The minimum atomic E-state index is -2.47. The molecule has 1 aromatic rings. The molecule has 1 unspecified atom stereocenters. The molecule has 0 aromatic carbocycles. The standard InChI is InChI=1S/C12H21F2N3/c1-4-6-15-7-10-8-16-17(9(3)5-2)11(10)12(13)14/h8-9,12,15H,4-7H2,1-3H3. The molecule has 98 valence electrons. The zero-order valence-corrected chi connectivity index (χ0v) is 10.7. The van der Waals surface area contributed by atoms with Crippen LogP contribution >= 0.6 is 0 Å². The summed E-state index contributed by atoms with van der Waals surface area (Å²) < 4.78 is 27.5. The van der Waals surface area contributed by atoms with Gasteiger partial charge in [-0.2, -0.15) is 5.10 Å². The maximum Gasteiger partial charge on any atom is 0.280 e. The largest absolute Gasteiger partial charge is 0.313 e. The van der Waals surface area contributed by atoms with Crippen LogP contribution < -0.4 is 5.32 Å². The van der Waals surface area contributed by atoms with Gasteiger partial charge in [0.25, 0.3) is 6.43 Å². The molecule has 0 radical (unpaired) electrons. The summed E-state index contributed by atoms with van der Waals surface area (Å²) >= 11 is 0. The second kappa shape index (κ2) is 6.69. The molecule has 0 aliphatic rings. The van der Waals surface area contributed by atoms with Crippen LogP contribution in [-0.2, 0) is 6.54 Å². The molecule has 1 N–H and O–H groups in total. The first-order chi connectivity index (χ1) is 8.11. The molecule has 5 heteroatoms. The zero-order valence-electron chi connectivity index (χ0n) is 10.7. The van der Waals surface area contributed by atoms with Crippen LogP contribution in [0.2, 0.25) is 0 Å². The summed E-state index contributed by atoms with van der Waals surface area (Å²) in [6, 6.07) is 0.0129. The summed E-state index contributed by atoms with van der Waals surface area (Å²) in [5.41, 5.74) is 0.664. The fourth-order valence-electron chi connectivity index (χ4n) is 1.71. The molecular formula is C12H21F2N3. The fourth-order valence-corrected chi connectivity index (χ4v) is 1.71. The topological polar surface area (TPSA) is 29.9 Å².